The van der Waals surface area contributed by atoms with Crippen LogP contribution in [0.5, 0.6) is 0 Å². The number of nitrogens with zero attached hydrogens (tertiary/aromatic N) is 1. The van der Waals surface area contributed by atoms with Crippen LogP contribution in [0.4, 0.5) is 0 Å². The summed E-state index contributed by atoms with van der Waals surface area (Å²) in [5.41, 5.74) is 2.61. The van der Waals surface area contributed by atoms with Crippen molar-refractivity contribution in [3.8, 4) is 0 Å². The molecule has 1 heterocycles. The van der Waals surface area contributed by atoms with Crippen LogP contribution in [0.1, 0.15) is 21.6 Å². The first-order valence-corrected chi connectivity index (χ1v) is 7.46. The number of aromatic nitrogens is 1. The van der Waals surface area contributed by atoms with Crippen molar-refractivity contribution in [2.24, 2.45) is 0 Å². The minimum Gasteiger partial charge on any atom is -0.380 e. The molecule has 0 spiro atoms. The first-order valence-electron chi connectivity index (χ1n) is 7.46. The fourth-order valence-corrected chi connectivity index (χ4v) is 2.49. The Labute approximate surface area is 135 Å². The van der Waals surface area contributed by atoms with E-state index in [1.54, 1.807) is 13.3 Å². The first kappa shape index (κ1) is 15.2. The molecule has 0 aliphatic rings. The Balaban J connectivity index is 1.71. The molecular formula is C19H18N2O2. The zero-order valence-electron chi connectivity index (χ0n) is 13.0. The molecule has 0 saturated heterocycles. The van der Waals surface area contributed by atoms with Crippen molar-refractivity contribution in [2.45, 2.75) is 13.2 Å². The van der Waals surface area contributed by atoms with Crippen LogP contribution in [0, 0.1) is 0 Å². The van der Waals surface area contributed by atoms with Crippen LogP contribution in [-0.4, -0.2) is 18.0 Å². The summed E-state index contributed by atoms with van der Waals surface area (Å²) in [4.78, 5) is 16.6. The third-order valence-electron chi connectivity index (χ3n) is 3.68. The summed E-state index contributed by atoms with van der Waals surface area (Å²) >= 11 is 0. The van der Waals surface area contributed by atoms with E-state index in [2.05, 4.69) is 10.3 Å². The number of carbonyl (C=O) groups is 1. The van der Waals surface area contributed by atoms with E-state index in [9.17, 15) is 4.79 Å². The molecule has 0 unspecified atom stereocenters. The Morgan fingerprint density at radius 1 is 1.04 bits per heavy atom. The second-order valence-corrected chi connectivity index (χ2v) is 5.31. The van der Waals surface area contributed by atoms with Gasteiger partial charge in [-0.2, -0.15) is 0 Å². The van der Waals surface area contributed by atoms with Gasteiger partial charge in [-0.1, -0.05) is 48.5 Å². The van der Waals surface area contributed by atoms with Crippen LogP contribution in [-0.2, 0) is 17.9 Å². The van der Waals surface area contributed by atoms with Gasteiger partial charge in [0.25, 0.3) is 5.91 Å². The van der Waals surface area contributed by atoms with Crippen LogP contribution < -0.4 is 5.32 Å². The third kappa shape index (κ3) is 3.55. The number of fused-ring (bicyclic) bond motifs is 1. The normalized spacial score (nSPS) is 10.7. The van der Waals surface area contributed by atoms with Gasteiger partial charge in [-0.05, 0) is 22.6 Å². The van der Waals surface area contributed by atoms with Crippen molar-refractivity contribution in [1.29, 1.82) is 0 Å². The molecule has 0 aliphatic heterocycles. The van der Waals surface area contributed by atoms with Gasteiger partial charge in [-0.25, -0.2) is 0 Å². The molecule has 0 bridgehead atoms. The van der Waals surface area contributed by atoms with Gasteiger partial charge < -0.3 is 10.1 Å². The molecule has 3 rings (SSSR count). The summed E-state index contributed by atoms with van der Waals surface area (Å²) in [6, 6.07) is 17.6. The number of benzene rings is 2. The lowest BCUT2D eigenvalue weighted by atomic mass is 10.1. The van der Waals surface area contributed by atoms with Crippen LogP contribution in [0.2, 0.25) is 0 Å². The molecule has 4 nitrogen and oxygen atoms in total. The summed E-state index contributed by atoms with van der Waals surface area (Å²) in [7, 11) is 1.67. The second kappa shape index (κ2) is 7.03. The number of ether oxygens (including phenoxy) is 1. The van der Waals surface area contributed by atoms with Gasteiger partial charge in [0.1, 0.15) is 5.69 Å². The molecule has 1 amide bonds. The van der Waals surface area contributed by atoms with Gasteiger partial charge >= 0.3 is 0 Å². The van der Waals surface area contributed by atoms with Gasteiger partial charge in [0.15, 0.2) is 0 Å². The summed E-state index contributed by atoms with van der Waals surface area (Å²) < 4.78 is 5.09. The van der Waals surface area contributed by atoms with E-state index in [0.717, 1.165) is 21.9 Å². The molecule has 23 heavy (non-hydrogen) atoms. The molecule has 4 heteroatoms. The number of pyridine rings is 1. The molecule has 0 aliphatic carbocycles. The van der Waals surface area contributed by atoms with Gasteiger partial charge in [-0.3, -0.25) is 9.78 Å². The lowest BCUT2D eigenvalue weighted by Gasteiger charge is -2.08. The summed E-state index contributed by atoms with van der Waals surface area (Å²) in [5, 5.41) is 4.80. The van der Waals surface area contributed by atoms with Crippen molar-refractivity contribution in [2.75, 3.05) is 7.11 Å². The average Bonchev–Trinajstić information content (AvgIpc) is 2.60. The third-order valence-corrected chi connectivity index (χ3v) is 3.68. The highest BCUT2D eigenvalue weighted by atomic mass is 16.5. The zero-order chi connectivity index (χ0) is 16.1. The topological polar surface area (TPSA) is 51.2 Å². The number of amides is 1. The van der Waals surface area contributed by atoms with E-state index in [4.69, 9.17) is 4.74 Å². The highest BCUT2D eigenvalue weighted by Gasteiger charge is 2.10. The van der Waals surface area contributed by atoms with Crippen LogP contribution >= 0.6 is 0 Å². The smallest absolute Gasteiger partial charge is 0.270 e. The highest BCUT2D eigenvalue weighted by Crippen LogP contribution is 2.16. The molecule has 116 valence electrons. The maximum atomic E-state index is 12.4. The van der Waals surface area contributed by atoms with E-state index in [0.29, 0.717) is 18.8 Å². The van der Waals surface area contributed by atoms with E-state index < -0.39 is 0 Å². The SMILES string of the molecule is COCc1ccc(CNC(=O)c2nccc3ccccc23)cc1. The molecule has 0 radical (unpaired) electrons. The molecule has 1 N–H and O–H groups in total. The fourth-order valence-electron chi connectivity index (χ4n) is 2.49. The predicted octanol–water partition coefficient (Wildman–Crippen LogP) is 3.31. The molecule has 0 fully saturated rings. The molecule has 3 aromatic rings. The minimum absolute atomic E-state index is 0.164. The monoisotopic (exact) mass is 306 g/mol. The number of hydrogen-bond donors (Lipinski definition) is 1. The highest BCUT2D eigenvalue weighted by molar-refractivity contribution is 6.05. The van der Waals surface area contributed by atoms with Gasteiger partial charge in [0, 0.05) is 25.2 Å². The van der Waals surface area contributed by atoms with Crippen molar-refractivity contribution in [3.05, 3.63) is 77.6 Å². The fraction of sp³-hybridized carbons (Fsp3) is 0.158. The Hall–Kier alpha value is -2.72. The number of nitrogens with one attached hydrogen (secondary N) is 1. The van der Waals surface area contributed by atoms with E-state index in [1.165, 1.54) is 0 Å². The average molecular weight is 306 g/mol. The van der Waals surface area contributed by atoms with Gasteiger partial charge in [0.2, 0.25) is 0 Å². The first-order chi connectivity index (χ1) is 11.3. The van der Waals surface area contributed by atoms with Crippen LogP contribution in [0.15, 0.2) is 60.8 Å². The van der Waals surface area contributed by atoms with Crippen molar-refractivity contribution in [3.63, 3.8) is 0 Å². The quantitative estimate of drug-likeness (QED) is 0.787. The Morgan fingerprint density at radius 2 is 1.78 bits per heavy atom. The lowest BCUT2D eigenvalue weighted by Crippen LogP contribution is -2.24. The van der Waals surface area contributed by atoms with Crippen molar-refractivity contribution >= 4 is 16.7 Å². The van der Waals surface area contributed by atoms with Crippen molar-refractivity contribution in [1.82, 2.24) is 10.3 Å². The Kier molecular flexibility index (Phi) is 4.64. The molecule has 2 aromatic carbocycles. The zero-order valence-corrected chi connectivity index (χ0v) is 13.0. The van der Waals surface area contributed by atoms with Crippen LogP contribution in [0.25, 0.3) is 10.8 Å². The van der Waals surface area contributed by atoms with Crippen molar-refractivity contribution < 1.29 is 9.53 Å². The largest absolute Gasteiger partial charge is 0.380 e. The molecular weight excluding hydrogens is 288 g/mol. The van der Waals surface area contributed by atoms with E-state index in [-0.39, 0.29) is 5.91 Å². The molecule has 0 atom stereocenters. The summed E-state index contributed by atoms with van der Waals surface area (Å²) in [6.07, 6.45) is 1.66. The molecule has 1 aromatic heterocycles. The second-order valence-electron chi connectivity index (χ2n) is 5.31. The van der Waals surface area contributed by atoms with Gasteiger partial charge in [-0.15, -0.1) is 0 Å². The number of methoxy groups -OCH3 is 1. The van der Waals surface area contributed by atoms with E-state index in [1.807, 2.05) is 54.6 Å². The maximum absolute atomic E-state index is 12.4. The Bertz CT molecular complexity index is 808. The lowest BCUT2D eigenvalue weighted by molar-refractivity contribution is 0.0948. The minimum atomic E-state index is -0.164. The molecule has 0 saturated carbocycles. The number of carbonyl (C=O) groups excluding carboxylic acids is 1. The summed E-state index contributed by atoms with van der Waals surface area (Å²) in [6.45, 7) is 1.06. The maximum Gasteiger partial charge on any atom is 0.270 e. The van der Waals surface area contributed by atoms with Crippen LogP contribution in [0.3, 0.4) is 0 Å². The Morgan fingerprint density at radius 3 is 2.57 bits per heavy atom. The van der Waals surface area contributed by atoms with Gasteiger partial charge in [0.05, 0.1) is 6.61 Å². The number of hydrogen-bond acceptors (Lipinski definition) is 3. The predicted molar refractivity (Wildman–Crippen MR) is 90.1 cm³/mol. The number of rotatable bonds is 5. The summed E-state index contributed by atoms with van der Waals surface area (Å²) in [5.74, 6) is -0.164. The van der Waals surface area contributed by atoms with E-state index >= 15 is 0 Å². The standard InChI is InChI=1S/C19H18N2O2/c1-23-13-15-8-6-14(7-9-15)12-21-19(22)18-17-5-3-2-4-16(17)10-11-20-18/h2-11H,12-13H2,1H3,(H,21,22).